The second kappa shape index (κ2) is 5.46. The van der Waals surface area contributed by atoms with Crippen molar-refractivity contribution in [2.75, 3.05) is 6.54 Å². The minimum absolute atomic E-state index is 0.188. The van der Waals surface area contributed by atoms with E-state index in [0.717, 1.165) is 10.9 Å². The van der Waals surface area contributed by atoms with Crippen molar-refractivity contribution in [3.8, 4) is 0 Å². The molecule has 1 aromatic heterocycles. The Balaban J connectivity index is 2.27. The molecule has 0 aliphatic heterocycles. The first kappa shape index (κ1) is 12.3. The molecule has 1 heterocycles. The molecular formula is C12H12N4O2. The van der Waals surface area contributed by atoms with Gasteiger partial charge in [-0.25, -0.2) is 4.98 Å². The minimum Gasteiger partial charge on any atom is -0.390 e. The maximum atomic E-state index is 9.88. The fourth-order valence-electron chi connectivity index (χ4n) is 1.66. The van der Waals surface area contributed by atoms with Crippen molar-refractivity contribution in [2.45, 2.75) is 12.2 Å². The second-order valence-electron chi connectivity index (χ2n) is 3.85. The van der Waals surface area contributed by atoms with Gasteiger partial charge in [0.05, 0.1) is 23.9 Å². The largest absolute Gasteiger partial charge is 0.390 e. The zero-order valence-electron chi connectivity index (χ0n) is 9.51. The van der Waals surface area contributed by atoms with Gasteiger partial charge >= 0.3 is 0 Å². The average Bonchev–Trinajstić information content (AvgIpc) is 2.43. The first-order valence-electron chi connectivity index (χ1n) is 5.45. The van der Waals surface area contributed by atoms with Crippen molar-refractivity contribution in [1.29, 1.82) is 0 Å². The van der Waals surface area contributed by atoms with Crippen molar-refractivity contribution in [1.82, 2.24) is 4.98 Å². The number of aliphatic hydroxyl groups excluding tert-OH is 2. The van der Waals surface area contributed by atoms with Gasteiger partial charge in [0.25, 0.3) is 0 Å². The van der Waals surface area contributed by atoms with Crippen LogP contribution in [0.1, 0.15) is 11.8 Å². The van der Waals surface area contributed by atoms with E-state index in [9.17, 15) is 10.2 Å². The first-order valence-corrected chi connectivity index (χ1v) is 5.45. The molecule has 0 radical (unpaired) electrons. The van der Waals surface area contributed by atoms with Gasteiger partial charge in [0.1, 0.15) is 6.10 Å². The van der Waals surface area contributed by atoms with Crippen LogP contribution in [0, 0.1) is 0 Å². The van der Waals surface area contributed by atoms with E-state index in [1.54, 1.807) is 6.07 Å². The third kappa shape index (κ3) is 2.57. The molecule has 0 bridgehead atoms. The number of pyridine rings is 1. The Morgan fingerprint density at radius 3 is 2.78 bits per heavy atom. The Morgan fingerprint density at radius 2 is 2.00 bits per heavy atom. The lowest BCUT2D eigenvalue weighted by Gasteiger charge is -2.15. The summed E-state index contributed by atoms with van der Waals surface area (Å²) < 4.78 is 0. The lowest BCUT2D eigenvalue weighted by Crippen LogP contribution is -2.22. The van der Waals surface area contributed by atoms with E-state index in [4.69, 9.17) is 5.53 Å². The van der Waals surface area contributed by atoms with Gasteiger partial charge in [0.15, 0.2) is 0 Å². The summed E-state index contributed by atoms with van der Waals surface area (Å²) in [5.74, 6) is 0. The molecule has 0 aliphatic carbocycles. The van der Waals surface area contributed by atoms with Crippen molar-refractivity contribution in [3.05, 3.63) is 52.5 Å². The van der Waals surface area contributed by atoms with E-state index in [1.165, 1.54) is 0 Å². The number of rotatable bonds is 4. The van der Waals surface area contributed by atoms with E-state index in [0.29, 0.717) is 5.69 Å². The number of benzene rings is 1. The molecule has 6 nitrogen and oxygen atoms in total. The number of hydrogen-bond donors (Lipinski definition) is 2. The molecule has 1 aromatic carbocycles. The SMILES string of the molecule is [N-]=[N+]=NCC(O)C(O)c1ccc2ccccc2n1. The fourth-order valence-corrected chi connectivity index (χ4v) is 1.66. The van der Waals surface area contributed by atoms with Crippen LogP contribution in [0.5, 0.6) is 0 Å². The van der Waals surface area contributed by atoms with E-state index in [1.807, 2.05) is 30.3 Å². The van der Waals surface area contributed by atoms with E-state index in [-0.39, 0.29) is 6.54 Å². The molecule has 2 unspecified atom stereocenters. The number of hydrogen-bond acceptors (Lipinski definition) is 4. The highest BCUT2D eigenvalue weighted by Gasteiger charge is 2.18. The molecule has 18 heavy (non-hydrogen) atoms. The van der Waals surface area contributed by atoms with Gasteiger partial charge in [-0.05, 0) is 17.7 Å². The number of fused-ring (bicyclic) bond motifs is 1. The van der Waals surface area contributed by atoms with Crippen molar-refractivity contribution in [2.24, 2.45) is 5.11 Å². The monoisotopic (exact) mass is 244 g/mol. The number of aromatic nitrogens is 1. The van der Waals surface area contributed by atoms with Gasteiger partial charge in [0, 0.05) is 10.3 Å². The molecule has 0 saturated carbocycles. The third-order valence-corrected chi connectivity index (χ3v) is 2.62. The molecule has 0 spiro atoms. The lowest BCUT2D eigenvalue weighted by atomic mass is 10.1. The summed E-state index contributed by atoms with van der Waals surface area (Å²) in [5, 5.41) is 23.7. The van der Waals surface area contributed by atoms with Crippen molar-refractivity contribution < 1.29 is 10.2 Å². The van der Waals surface area contributed by atoms with E-state index < -0.39 is 12.2 Å². The average molecular weight is 244 g/mol. The van der Waals surface area contributed by atoms with Gasteiger partial charge in [-0.1, -0.05) is 29.4 Å². The van der Waals surface area contributed by atoms with Crippen LogP contribution in [0.15, 0.2) is 41.5 Å². The summed E-state index contributed by atoms with van der Waals surface area (Å²) in [6, 6.07) is 11.0. The van der Waals surface area contributed by atoms with E-state index >= 15 is 0 Å². The Hall–Kier alpha value is -2.14. The molecule has 0 amide bonds. The molecule has 2 atom stereocenters. The van der Waals surface area contributed by atoms with Gasteiger partial charge in [-0.2, -0.15) is 0 Å². The molecule has 2 rings (SSSR count). The van der Waals surface area contributed by atoms with Crippen LogP contribution in [0.2, 0.25) is 0 Å². The van der Waals surface area contributed by atoms with Gasteiger partial charge < -0.3 is 10.2 Å². The summed E-state index contributed by atoms with van der Waals surface area (Å²) in [7, 11) is 0. The molecule has 0 fully saturated rings. The highest BCUT2D eigenvalue weighted by Crippen LogP contribution is 2.19. The molecular weight excluding hydrogens is 232 g/mol. The lowest BCUT2D eigenvalue weighted by molar-refractivity contribution is 0.0220. The minimum atomic E-state index is -1.17. The summed E-state index contributed by atoms with van der Waals surface area (Å²) in [6.07, 6.45) is -2.32. The zero-order chi connectivity index (χ0) is 13.0. The van der Waals surface area contributed by atoms with Crippen LogP contribution in [-0.2, 0) is 0 Å². The third-order valence-electron chi connectivity index (χ3n) is 2.62. The molecule has 0 saturated heterocycles. The Labute approximate surface area is 103 Å². The highest BCUT2D eigenvalue weighted by molar-refractivity contribution is 5.78. The predicted octanol–water partition coefficient (Wildman–Crippen LogP) is 1.94. The van der Waals surface area contributed by atoms with Crippen LogP contribution >= 0.6 is 0 Å². The van der Waals surface area contributed by atoms with Gasteiger partial charge in [-0.15, -0.1) is 0 Å². The maximum Gasteiger partial charge on any atom is 0.122 e. The smallest absolute Gasteiger partial charge is 0.122 e. The molecule has 0 aliphatic rings. The number of aliphatic hydroxyl groups is 2. The molecule has 2 aromatic rings. The summed E-state index contributed by atoms with van der Waals surface area (Å²) in [6.45, 7) is -0.188. The topological polar surface area (TPSA) is 102 Å². The van der Waals surface area contributed by atoms with Crippen LogP contribution < -0.4 is 0 Å². The molecule has 2 N–H and O–H groups in total. The molecule has 92 valence electrons. The Kier molecular flexibility index (Phi) is 3.74. The summed E-state index contributed by atoms with van der Waals surface area (Å²) in [5.41, 5.74) is 9.26. The zero-order valence-corrected chi connectivity index (χ0v) is 9.51. The molecule has 6 heteroatoms. The number of azide groups is 1. The Bertz CT molecular complexity index is 595. The van der Waals surface area contributed by atoms with Crippen LogP contribution in [0.3, 0.4) is 0 Å². The summed E-state index contributed by atoms with van der Waals surface area (Å²) >= 11 is 0. The van der Waals surface area contributed by atoms with Crippen LogP contribution in [0.25, 0.3) is 21.3 Å². The second-order valence-corrected chi connectivity index (χ2v) is 3.85. The number of para-hydroxylation sites is 1. The predicted molar refractivity (Wildman–Crippen MR) is 66.7 cm³/mol. The standard InChI is InChI=1S/C12H12N4O2/c13-16-14-7-11(17)12(18)10-6-5-8-3-1-2-4-9(8)15-10/h1-6,11-12,17-18H,7H2. The van der Waals surface area contributed by atoms with E-state index in [2.05, 4.69) is 15.0 Å². The fraction of sp³-hybridized carbons (Fsp3) is 0.250. The van der Waals surface area contributed by atoms with Gasteiger partial charge in [0.2, 0.25) is 0 Å². The quantitative estimate of drug-likeness (QED) is 0.488. The highest BCUT2D eigenvalue weighted by atomic mass is 16.3. The Morgan fingerprint density at radius 1 is 1.22 bits per heavy atom. The van der Waals surface area contributed by atoms with Crippen molar-refractivity contribution >= 4 is 10.9 Å². The number of nitrogens with zero attached hydrogens (tertiary/aromatic N) is 4. The maximum absolute atomic E-state index is 9.88. The summed E-state index contributed by atoms with van der Waals surface area (Å²) in [4.78, 5) is 6.79. The normalized spacial score (nSPS) is 13.9. The van der Waals surface area contributed by atoms with Gasteiger partial charge in [-0.3, -0.25) is 0 Å². The van der Waals surface area contributed by atoms with Crippen LogP contribution in [0.4, 0.5) is 0 Å². The van der Waals surface area contributed by atoms with Crippen LogP contribution in [-0.4, -0.2) is 27.8 Å². The first-order chi connectivity index (χ1) is 8.72. The van der Waals surface area contributed by atoms with Crippen molar-refractivity contribution in [3.63, 3.8) is 0 Å².